The highest BCUT2D eigenvalue weighted by molar-refractivity contribution is 8.22. The van der Waals surface area contributed by atoms with Crippen LogP contribution < -0.4 is 0 Å². The lowest BCUT2D eigenvalue weighted by Crippen LogP contribution is -2.44. The van der Waals surface area contributed by atoms with Gasteiger partial charge in [0, 0.05) is 36.1 Å². The molecule has 3 aromatic rings. The van der Waals surface area contributed by atoms with Crippen molar-refractivity contribution in [2.75, 3.05) is 13.6 Å². The molecule has 1 heterocycles. The molecule has 12 heteroatoms. The van der Waals surface area contributed by atoms with Gasteiger partial charge in [0.2, 0.25) is 0 Å². The predicted octanol–water partition coefficient (Wildman–Crippen LogP) is 3.50. The van der Waals surface area contributed by atoms with E-state index in [4.69, 9.17) is 12.2 Å². The molecule has 1 unspecified atom stereocenters. The summed E-state index contributed by atoms with van der Waals surface area (Å²) in [6.07, 6.45) is 2.65. The number of likely N-dealkylation sites (N-methyl/N-ethyl adjacent to an activating group) is 1. The third-order valence-electron chi connectivity index (χ3n) is 4.67. The van der Waals surface area contributed by atoms with Gasteiger partial charge < -0.3 is 10.0 Å². The van der Waals surface area contributed by atoms with E-state index in [1.165, 1.54) is 46.1 Å². The first kappa shape index (κ1) is 23.7. The van der Waals surface area contributed by atoms with Crippen LogP contribution in [0.2, 0.25) is 0 Å². The number of thiocarbonyl (C=S) groups is 1. The molecule has 32 heavy (non-hydrogen) atoms. The zero-order chi connectivity index (χ0) is 23.3. The smallest absolute Gasteiger partial charge is 0.273 e. The van der Waals surface area contributed by atoms with Crippen LogP contribution in [0.25, 0.3) is 0 Å². The van der Waals surface area contributed by atoms with Gasteiger partial charge in [-0.3, -0.25) is 10.1 Å². The van der Waals surface area contributed by atoms with Gasteiger partial charge in [-0.05, 0) is 6.07 Å². The molecule has 2 aromatic carbocycles. The highest BCUT2D eigenvalue weighted by atomic mass is 32.2. The Morgan fingerprint density at radius 2 is 2.09 bits per heavy atom. The Kier molecular flexibility index (Phi) is 7.48. The molecule has 0 radical (unpaired) electrons. The average molecular weight is 480 g/mol. The van der Waals surface area contributed by atoms with Crippen molar-refractivity contribution in [1.29, 1.82) is 0 Å². The van der Waals surface area contributed by atoms with E-state index in [0.29, 0.717) is 16.0 Å². The van der Waals surface area contributed by atoms with E-state index >= 15 is 0 Å². The van der Waals surface area contributed by atoms with Crippen molar-refractivity contribution in [2.45, 2.75) is 17.9 Å². The number of nitrogens with zero attached hydrogens (tertiary/aromatic N) is 5. The highest BCUT2D eigenvalue weighted by Crippen LogP contribution is 2.30. The number of aliphatic hydroxyl groups is 1. The second-order valence-electron chi connectivity index (χ2n) is 7.05. The number of hydrogen-bond donors (Lipinski definition) is 1. The maximum atomic E-state index is 14.5. The van der Waals surface area contributed by atoms with Crippen molar-refractivity contribution >= 4 is 34.0 Å². The van der Waals surface area contributed by atoms with Crippen LogP contribution in [0.3, 0.4) is 0 Å². The molecule has 0 saturated heterocycles. The van der Waals surface area contributed by atoms with Gasteiger partial charge in [-0.1, -0.05) is 48.2 Å². The zero-order valence-electron chi connectivity index (χ0n) is 16.9. The van der Waals surface area contributed by atoms with Crippen molar-refractivity contribution in [3.8, 4) is 0 Å². The third-order valence-corrected chi connectivity index (χ3v) is 6.35. The number of nitro benzene ring substituents is 1. The minimum Gasteiger partial charge on any atom is -0.381 e. The van der Waals surface area contributed by atoms with Crippen LogP contribution in [-0.4, -0.2) is 47.6 Å². The summed E-state index contributed by atoms with van der Waals surface area (Å²) in [5.41, 5.74) is -1.45. The van der Waals surface area contributed by atoms with Crippen molar-refractivity contribution in [3.05, 3.63) is 88.0 Å². The number of nitro groups is 1. The summed E-state index contributed by atoms with van der Waals surface area (Å²) >= 11 is 6.60. The standard InChI is InChI=1S/C20H19F2N5O3S2/c1-25(19(31)32-9-14-4-2-3-5-18(14)27(29)30)10-20(28,11-26-13-23-12-24-26)16-7-6-15(21)8-17(16)22/h2-8,12-13,28H,9-11H2,1H3. The van der Waals surface area contributed by atoms with Gasteiger partial charge in [-0.15, -0.1) is 0 Å². The molecule has 1 N–H and O–H groups in total. The van der Waals surface area contributed by atoms with Crippen LogP contribution >= 0.6 is 24.0 Å². The van der Waals surface area contributed by atoms with E-state index in [0.717, 1.165) is 6.07 Å². The predicted molar refractivity (Wildman–Crippen MR) is 120 cm³/mol. The molecule has 3 rings (SSSR count). The van der Waals surface area contributed by atoms with Gasteiger partial charge >= 0.3 is 0 Å². The SMILES string of the molecule is CN(CC(O)(Cn1cncn1)c1ccc(F)cc1F)C(=S)SCc1ccccc1[N+](=O)[O-]. The Hall–Kier alpha value is -2.96. The van der Waals surface area contributed by atoms with Crippen LogP contribution in [0.4, 0.5) is 14.5 Å². The molecule has 0 aliphatic carbocycles. The number of halogens is 2. The fourth-order valence-electron chi connectivity index (χ4n) is 3.19. The largest absolute Gasteiger partial charge is 0.381 e. The molecule has 0 bridgehead atoms. The van der Waals surface area contributed by atoms with Crippen molar-refractivity contribution in [2.24, 2.45) is 0 Å². The number of rotatable bonds is 8. The quantitative estimate of drug-likeness (QED) is 0.298. The maximum Gasteiger partial charge on any atom is 0.273 e. The molecule has 0 spiro atoms. The van der Waals surface area contributed by atoms with Crippen molar-refractivity contribution in [1.82, 2.24) is 19.7 Å². The molecule has 8 nitrogen and oxygen atoms in total. The normalized spacial score (nSPS) is 12.9. The number of hydrogen-bond acceptors (Lipinski definition) is 7. The number of benzene rings is 2. The van der Waals surface area contributed by atoms with Gasteiger partial charge in [-0.2, -0.15) is 5.10 Å². The first-order chi connectivity index (χ1) is 15.2. The van der Waals surface area contributed by atoms with E-state index in [9.17, 15) is 24.0 Å². The summed E-state index contributed by atoms with van der Waals surface area (Å²) in [4.78, 5) is 16.1. The van der Waals surface area contributed by atoms with Crippen molar-refractivity contribution in [3.63, 3.8) is 0 Å². The first-order valence-electron chi connectivity index (χ1n) is 9.30. The fraction of sp³-hybridized carbons (Fsp3) is 0.250. The van der Waals surface area contributed by atoms with Crippen LogP contribution in [0.1, 0.15) is 11.1 Å². The summed E-state index contributed by atoms with van der Waals surface area (Å²) in [7, 11) is 1.61. The molecule has 1 atom stereocenters. The van der Waals surface area contributed by atoms with Crippen LogP contribution in [0.5, 0.6) is 0 Å². The molecular weight excluding hydrogens is 460 g/mol. The zero-order valence-corrected chi connectivity index (χ0v) is 18.5. The van der Waals surface area contributed by atoms with Gasteiger partial charge in [0.25, 0.3) is 5.69 Å². The fourth-order valence-corrected chi connectivity index (χ4v) is 4.24. The second-order valence-corrected chi connectivity index (χ2v) is 8.65. The Bertz CT molecular complexity index is 1120. The summed E-state index contributed by atoms with van der Waals surface area (Å²) in [6.45, 7) is -0.296. The van der Waals surface area contributed by atoms with E-state index in [-0.39, 0.29) is 30.1 Å². The molecular formula is C20H19F2N5O3S2. The summed E-state index contributed by atoms with van der Waals surface area (Å²) in [5, 5.41) is 26.6. The molecule has 0 saturated carbocycles. The molecule has 1 aromatic heterocycles. The molecule has 0 aliphatic rings. The summed E-state index contributed by atoms with van der Waals surface area (Å²) in [6, 6.07) is 9.27. The highest BCUT2D eigenvalue weighted by Gasteiger charge is 2.35. The summed E-state index contributed by atoms with van der Waals surface area (Å²) in [5.74, 6) is -1.43. The minimum atomic E-state index is -1.82. The third kappa shape index (κ3) is 5.64. The van der Waals surface area contributed by atoms with Crippen molar-refractivity contribution < 1.29 is 18.8 Å². The minimum absolute atomic E-state index is 0.0125. The number of aromatic nitrogens is 3. The monoisotopic (exact) mass is 479 g/mol. The molecule has 0 fully saturated rings. The Morgan fingerprint density at radius 3 is 2.75 bits per heavy atom. The lowest BCUT2D eigenvalue weighted by molar-refractivity contribution is -0.385. The van der Waals surface area contributed by atoms with Gasteiger partial charge in [0.15, 0.2) is 0 Å². The average Bonchev–Trinajstić information content (AvgIpc) is 3.24. The van der Waals surface area contributed by atoms with E-state index < -0.39 is 22.2 Å². The first-order valence-corrected chi connectivity index (χ1v) is 10.7. The second kappa shape index (κ2) is 10.1. The molecule has 168 valence electrons. The number of para-hydroxylation sites is 1. The van der Waals surface area contributed by atoms with Gasteiger partial charge in [-0.25, -0.2) is 18.4 Å². The Balaban J connectivity index is 1.78. The Morgan fingerprint density at radius 1 is 1.34 bits per heavy atom. The topological polar surface area (TPSA) is 97.3 Å². The lowest BCUT2D eigenvalue weighted by Gasteiger charge is -2.34. The van der Waals surface area contributed by atoms with Crippen LogP contribution in [0, 0.1) is 21.7 Å². The lowest BCUT2D eigenvalue weighted by atomic mass is 9.92. The molecule has 0 amide bonds. The maximum absolute atomic E-state index is 14.5. The van der Waals surface area contributed by atoms with Gasteiger partial charge in [0.1, 0.15) is 34.2 Å². The Labute approximate surface area is 192 Å². The van der Waals surface area contributed by atoms with E-state index in [1.54, 1.807) is 25.2 Å². The molecule has 0 aliphatic heterocycles. The van der Waals surface area contributed by atoms with E-state index in [2.05, 4.69) is 10.1 Å². The van der Waals surface area contributed by atoms with Gasteiger partial charge in [0.05, 0.1) is 18.0 Å². The summed E-state index contributed by atoms with van der Waals surface area (Å²) < 4.78 is 29.6. The van der Waals surface area contributed by atoms with Crippen LogP contribution in [0.15, 0.2) is 55.1 Å². The van der Waals surface area contributed by atoms with E-state index in [1.807, 2.05) is 0 Å². The van der Waals surface area contributed by atoms with Crippen LogP contribution in [-0.2, 0) is 17.9 Å². The number of thioether (sulfide) groups is 1.